The van der Waals surface area contributed by atoms with Crippen LogP contribution in [-0.2, 0) is 11.3 Å². The fraction of sp³-hybridized carbons (Fsp3) is 0.643. The van der Waals surface area contributed by atoms with E-state index in [9.17, 15) is 0 Å². The monoisotopic (exact) mass is 252 g/mol. The summed E-state index contributed by atoms with van der Waals surface area (Å²) in [5, 5.41) is 3.38. The van der Waals surface area contributed by atoms with E-state index in [4.69, 9.17) is 9.47 Å². The molecule has 0 bridgehead atoms. The number of rotatable bonds is 7. The van der Waals surface area contributed by atoms with Crippen molar-refractivity contribution in [2.24, 2.45) is 0 Å². The van der Waals surface area contributed by atoms with Crippen LogP contribution in [0.4, 0.5) is 0 Å². The van der Waals surface area contributed by atoms with Crippen molar-refractivity contribution in [2.45, 2.75) is 46.4 Å². The van der Waals surface area contributed by atoms with Gasteiger partial charge in [0.1, 0.15) is 11.9 Å². The summed E-state index contributed by atoms with van der Waals surface area (Å²) in [4.78, 5) is 4.32. The Bertz CT molecular complexity index is 367. The van der Waals surface area contributed by atoms with Gasteiger partial charge >= 0.3 is 0 Å². The van der Waals surface area contributed by atoms with Crippen LogP contribution in [0.25, 0.3) is 0 Å². The Kier molecular flexibility index (Phi) is 6.09. The minimum atomic E-state index is 0.0367. The zero-order chi connectivity index (χ0) is 13.5. The summed E-state index contributed by atoms with van der Waals surface area (Å²) in [7, 11) is 1.68. The van der Waals surface area contributed by atoms with Crippen molar-refractivity contribution in [1.29, 1.82) is 0 Å². The third kappa shape index (κ3) is 5.02. The van der Waals surface area contributed by atoms with Crippen LogP contribution in [0.1, 0.15) is 32.0 Å². The molecule has 0 spiro atoms. The van der Waals surface area contributed by atoms with Crippen LogP contribution in [0.3, 0.4) is 0 Å². The molecular formula is C14H24N2O2. The molecular weight excluding hydrogens is 228 g/mol. The molecule has 18 heavy (non-hydrogen) atoms. The van der Waals surface area contributed by atoms with Gasteiger partial charge in [0.15, 0.2) is 0 Å². The quantitative estimate of drug-likeness (QED) is 0.808. The molecule has 4 heteroatoms. The predicted octanol–water partition coefficient (Wildman–Crippen LogP) is 2.30. The highest BCUT2D eigenvalue weighted by Crippen LogP contribution is 2.20. The molecule has 1 rings (SSSR count). The van der Waals surface area contributed by atoms with Crippen molar-refractivity contribution in [1.82, 2.24) is 10.3 Å². The van der Waals surface area contributed by atoms with Crippen molar-refractivity contribution in [3.63, 3.8) is 0 Å². The van der Waals surface area contributed by atoms with Gasteiger partial charge in [-0.05, 0) is 13.8 Å². The number of methoxy groups -OCH3 is 1. The van der Waals surface area contributed by atoms with Crippen LogP contribution in [0, 0.1) is 6.92 Å². The second-order valence-corrected chi connectivity index (χ2v) is 4.85. The lowest BCUT2D eigenvalue weighted by Crippen LogP contribution is -2.24. The third-order valence-corrected chi connectivity index (χ3v) is 2.51. The van der Waals surface area contributed by atoms with Crippen LogP contribution in [0.15, 0.2) is 12.3 Å². The number of hydrogen-bond acceptors (Lipinski definition) is 4. The Morgan fingerprint density at radius 1 is 1.33 bits per heavy atom. The molecule has 0 aliphatic heterocycles. The highest BCUT2D eigenvalue weighted by Gasteiger charge is 2.09. The molecule has 0 aliphatic carbocycles. The molecule has 1 N–H and O–H groups in total. The second kappa shape index (κ2) is 7.34. The SMILES string of the molecule is COCC(C)Oc1cc(C)ncc1CNC(C)C. The molecule has 0 aromatic carbocycles. The zero-order valence-corrected chi connectivity index (χ0v) is 12.0. The number of hydrogen-bond donors (Lipinski definition) is 1. The van der Waals surface area contributed by atoms with E-state index in [1.807, 2.05) is 26.1 Å². The van der Waals surface area contributed by atoms with E-state index >= 15 is 0 Å². The van der Waals surface area contributed by atoms with Crippen molar-refractivity contribution >= 4 is 0 Å². The minimum Gasteiger partial charge on any atom is -0.488 e. The summed E-state index contributed by atoms with van der Waals surface area (Å²) in [5.41, 5.74) is 2.04. The van der Waals surface area contributed by atoms with E-state index in [1.165, 1.54) is 0 Å². The number of ether oxygens (including phenoxy) is 2. The van der Waals surface area contributed by atoms with Crippen molar-refractivity contribution < 1.29 is 9.47 Å². The number of pyridine rings is 1. The first-order chi connectivity index (χ1) is 8.52. The molecule has 0 amide bonds. The van der Waals surface area contributed by atoms with E-state index in [-0.39, 0.29) is 6.10 Å². The highest BCUT2D eigenvalue weighted by atomic mass is 16.5. The maximum absolute atomic E-state index is 5.89. The summed E-state index contributed by atoms with van der Waals surface area (Å²) < 4.78 is 11.0. The number of aromatic nitrogens is 1. The van der Waals surface area contributed by atoms with Gasteiger partial charge in [0, 0.05) is 43.2 Å². The molecule has 0 radical (unpaired) electrons. The first-order valence-corrected chi connectivity index (χ1v) is 6.37. The molecule has 4 nitrogen and oxygen atoms in total. The van der Waals surface area contributed by atoms with Gasteiger partial charge in [0.05, 0.1) is 6.61 Å². The summed E-state index contributed by atoms with van der Waals surface area (Å²) >= 11 is 0. The average Bonchev–Trinajstić information content (AvgIpc) is 2.28. The third-order valence-electron chi connectivity index (χ3n) is 2.51. The molecule has 0 fully saturated rings. The summed E-state index contributed by atoms with van der Waals surface area (Å²) in [6.07, 6.45) is 1.91. The van der Waals surface area contributed by atoms with Gasteiger partial charge in [-0.1, -0.05) is 13.8 Å². The molecule has 0 saturated heterocycles. The van der Waals surface area contributed by atoms with E-state index in [1.54, 1.807) is 7.11 Å². The van der Waals surface area contributed by atoms with E-state index in [0.717, 1.165) is 23.6 Å². The van der Waals surface area contributed by atoms with Gasteiger partial charge in [-0.3, -0.25) is 4.98 Å². The van der Waals surface area contributed by atoms with Crippen LogP contribution in [-0.4, -0.2) is 30.8 Å². The maximum atomic E-state index is 5.89. The molecule has 1 aromatic rings. The van der Waals surface area contributed by atoms with Gasteiger partial charge in [0.2, 0.25) is 0 Å². The average molecular weight is 252 g/mol. The molecule has 1 unspecified atom stereocenters. The zero-order valence-electron chi connectivity index (χ0n) is 12.0. The first-order valence-electron chi connectivity index (χ1n) is 6.37. The summed E-state index contributed by atoms with van der Waals surface area (Å²) in [6, 6.07) is 2.42. The van der Waals surface area contributed by atoms with Crippen molar-refractivity contribution in [3.8, 4) is 5.75 Å². The Labute approximate surface area is 110 Å². The smallest absolute Gasteiger partial charge is 0.127 e. The predicted molar refractivity (Wildman–Crippen MR) is 72.9 cm³/mol. The van der Waals surface area contributed by atoms with Crippen LogP contribution in [0.2, 0.25) is 0 Å². The second-order valence-electron chi connectivity index (χ2n) is 4.85. The lowest BCUT2D eigenvalue weighted by atomic mass is 10.2. The van der Waals surface area contributed by atoms with Gasteiger partial charge in [-0.2, -0.15) is 0 Å². The fourth-order valence-electron chi connectivity index (χ4n) is 1.61. The standard InChI is InChI=1S/C14H24N2O2/c1-10(2)15-7-13-8-16-11(3)6-14(13)18-12(4)9-17-5/h6,8,10,12,15H,7,9H2,1-5H3. The van der Waals surface area contributed by atoms with E-state index < -0.39 is 0 Å². The van der Waals surface area contributed by atoms with Crippen molar-refractivity contribution in [3.05, 3.63) is 23.5 Å². The van der Waals surface area contributed by atoms with Crippen LogP contribution >= 0.6 is 0 Å². The van der Waals surface area contributed by atoms with Crippen LogP contribution < -0.4 is 10.1 Å². The van der Waals surface area contributed by atoms with Crippen LogP contribution in [0.5, 0.6) is 5.75 Å². The minimum absolute atomic E-state index is 0.0367. The fourth-order valence-corrected chi connectivity index (χ4v) is 1.61. The molecule has 1 heterocycles. The highest BCUT2D eigenvalue weighted by molar-refractivity contribution is 5.33. The van der Waals surface area contributed by atoms with Crippen molar-refractivity contribution in [2.75, 3.05) is 13.7 Å². The largest absolute Gasteiger partial charge is 0.488 e. The summed E-state index contributed by atoms with van der Waals surface area (Å²) in [5.74, 6) is 0.889. The Balaban J connectivity index is 2.76. The first kappa shape index (κ1) is 14.9. The maximum Gasteiger partial charge on any atom is 0.127 e. The normalized spacial score (nSPS) is 12.8. The van der Waals surface area contributed by atoms with Gasteiger partial charge in [-0.15, -0.1) is 0 Å². The lowest BCUT2D eigenvalue weighted by Gasteiger charge is -2.18. The number of nitrogens with zero attached hydrogens (tertiary/aromatic N) is 1. The van der Waals surface area contributed by atoms with E-state index in [0.29, 0.717) is 12.6 Å². The molecule has 0 saturated carbocycles. The Morgan fingerprint density at radius 3 is 2.67 bits per heavy atom. The number of nitrogens with one attached hydrogen (secondary N) is 1. The van der Waals surface area contributed by atoms with E-state index in [2.05, 4.69) is 24.1 Å². The number of aryl methyl sites for hydroxylation is 1. The summed E-state index contributed by atoms with van der Waals surface area (Å²) in [6.45, 7) is 9.55. The molecule has 1 atom stereocenters. The Morgan fingerprint density at radius 2 is 2.06 bits per heavy atom. The van der Waals surface area contributed by atoms with Gasteiger partial charge in [-0.25, -0.2) is 0 Å². The molecule has 0 aliphatic rings. The van der Waals surface area contributed by atoms with Gasteiger partial charge in [0.25, 0.3) is 0 Å². The Hall–Kier alpha value is -1.13. The van der Waals surface area contributed by atoms with Gasteiger partial charge < -0.3 is 14.8 Å². The molecule has 1 aromatic heterocycles. The molecule has 102 valence electrons. The lowest BCUT2D eigenvalue weighted by molar-refractivity contribution is 0.0912. The topological polar surface area (TPSA) is 43.4 Å².